The lowest BCUT2D eigenvalue weighted by Gasteiger charge is -2.48. The Hall–Kier alpha value is -1.14. The number of unbranched alkanes of at least 4 members (excludes halogenated alkanes) is 1. The molecule has 0 N–H and O–H groups in total. The second-order valence-electron chi connectivity index (χ2n) is 8.65. The fraction of sp³-hybridized carbons (Fsp3) is 0.905. The molecule has 2 amide bonds. The fourth-order valence-electron chi connectivity index (χ4n) is 4.85. The van der Waals surface area contributed by atoms with Gasteiger partial charge in [0, 0.05) is 57.5 Å². The van der Waals surface area contributed by atoms with Gasteiger partial charge in [0.15, 0.2) is 0 Å². The number of amides is 2. The number of hydrogen-bond acceptors (Lipinski definition) is 4. The maximum Gasteiger partial charge on any atom is 0.222 e. The number of nitrogens with zero attached hydrogens (tertiary/aromatic N) is 3. The highest BCUT2D eigenvalue weighted by atomic mass is 16.5. The second kappa shape index (κ2) is 9.87. The van der Waals surface area contributed by atoms with Crippen LogP contribution in [-0.4, -0.2) is 85.5 Å². The van der Waals surface area contributed by atoms with E-state index in [1.165, 1.54) is 0 Å². The van der Waals surface area contributed by atoms with Crippen molar-refractivity contribution >= 4 is 11.8 Å². The Morgan fingerprint density at radius 3 is 2.67 bits per heavy atom. The van der Waals surface area contributed by atoms with Gasteiger partial charge in [0.1, 0.15) is 0 Å². The minimum absolute atomic E-state index is 0.139. The van der Waals surface area contributed by atoms with E-state index >= 15 is 0 Å². The van der Waals surface area contributed by atoms with Gasteiger partial charge in [-0.3, -0.25) is 14.5 Å². The van der Waals surface area contributed by atoms with Crippen LogP contribution in [0.25, 0.3) is 0 Å². The first-order valence-corrected chi connectivity index (χ1v) is 11.0. The molecule has 3 rings (SSSR count). The van der Waals surface area contributed by atoms with E-state index in [0.717, 1.165) is 97.6 Å². The summed E-state index contributed by atoms with van der Waals surface area (Å²) in [7, 11) is 0. The average molecular weight is 380 g/mol. The number of carbonyl (C=O) groups excluding carboxylic acids is 2. The van der Waals surface area contributed by atoms with E-state index in [2.05, 4.69) is 21.6 Å². The zero-order valence-electron chi connectivity index (χ0n) is 17.1. The molecule has 3 aliphatic rings. The molecule has 0 saturated carbocycles. The van der Waals surface area contributed by atoms with Gasteiger partial charge in [-0.15, -0.1) is 0 Å². The first-order valence-electron chi connectivity index (χ1n) is 11.0. The standard InChI is InChI=1S/C21H37N3O3/c1-2-3-11-23-17-21(9-7-20(23)26)8-5-12-24(18-21)19(25)6-4-10-22-13-15-27-16-14-22/h2-18H2,1H3/t21-/m0/s1. The van der Waals surface area contributed by atoms with Crippen molar-refractivity contribution in [2.24, 2.45) is 5.41 Å². The quantitative estimate of drug-likeness (QED) is 0.680. The van der Waals surface area contributed by atoms with E-state index in [0.29, 0.717) is 24.7 Å². The normalized spacial score (nSPS) is 27.4. The maximum absolute atomic E-state index is 12.8. The molecule has 3 aliphatic heterocycles. The van der Waals surface area contributed by atoms with Crippen molar-refractivity contribution in [2.75, 3.05) is 59.0 Å². The van der Waals surface area contributed by atoms with E-state index in [4.69, 9.17) is 4.74 Å². The van der Waals surface area contributed by atoms with E-state index in [9.17, 15) is 9.59 Å². The van der Waals surface area contributed by atoms with E-state index in [1.807, 2.05) is 0 Å². The molecule has 3 fully saturated rings. The van der Waals surface area contributed by atoms with Crippen LogP contribution in [0.1, 0.15) is 58.3 Å². The molecule has 0 bridgehead atoms. The zero-order valence-corrected chi connectivity index (χ0v) is 17.1. The predicted octanol–water partition coefficient (Wildman–Crippen LogP) is 2.13. The SMILES string of the molecule is CCCCN1C[C@]2(CCCN(C(=O)CCCN3CCOCC3)C2)CCC1=O. The van der Waals surface area contributed by atoms with Crippen LogP contribution < -0.4 is 0 Å². The highest BCUT2D eigenvalue weighted by Gasteiger charge is 2.42. The Labute approximate surface area is 164 Å². The van der Waals surface area contributed by atoms with Crippen molar-refractivity contribution in [1.29, 1.82) is 0 Å². The van der Waals surface area contributed by atoms with Gasteiger partial charge in [-0.2, -0.15) is 0 Å². The summed E-state index contributed by atoms with van der Waals surface area (Å²) in [5.74, 6) is 0.613. The van der Waals surface area contributed by atoms with Crippen molar-refractivity contribution in [3.63, 3.8) is 0 Å². The first kappa shape index (κ1) is 20.6. The molecule has 6 nitrogen and oxygen atoms in total. The third-order valence-electron chi connectivity index (χ3n) is 6.51. The summed E-state index contributed by atoms with van der Waals surface area (Å²) in [4.78, 5) is 31.6. The van der Waals surface area contributed by atoms with Crippen LogP contribution >= 0.6 is 0 Å². The van der Waals surface area contributed by atoms with E-state index < -0.39 is 0 Å². The van der Waals surface area contributed by atoms with Crippen LogP contribution in [0.2, 0.25) is 0 Å². The number of carbonyl (C=O) groups is 2. The predicted molar refractivity (Wildman–Crippen MR) is 105 cm³/mol. The lowest BCUT2D eigenvalue weighted by molar-refractivity contribution is -0.143. The summed E-state index contributed by atoms with van der Waals surface area (Å²) in [5, 5.41) is 0. The van der Waals surface area contributed by atoms with Crippen molar-refractivity contribution in [3.05, 3.63) is 0 Å². The third-order valence-corrected chi connectivity index (χ3v) is 6.51. The summed E-state index contributed by atoms with van der Waals surface area (Å²) in [6.07, 6.45) is 7.60. The molecule has 0 aromatic rings. The van der Waals surface area contributed by atoms with E-state index in [-0.39, 0.29) is 5.41 Å². The second-order valence-corrected chi connectivity index (χ2v) is 8.65. The monoisotopic (exact) mass is 379 g/mol. The fourth-order valence-corrected chi connectivity index (χ4v) is 4.85. The van der Waals surface area contributed by atoms with Gasteiger partial charge in [0.2, 0.25) is 11.8 Å². The Balaban J connectivity index is 1.47. The summed E-state index contributed by atoms with van der Waals surface area (Å²) in [6.45, 7) is 10.2. The average Bonchev–Trinajstić information content (AvgIpc) is 2.70. The molecule has 3 saturated heterocycles. The minimum Gasteiger partial charge on any atom is -0.379 e. The number of hydrogen-bond donors (Lipinski definition) is 0. The molecule has 1 atom stereocenters. The van der Waals surface area contributed by atoms with Crippen molar-refractivity contribution in [3.8, 4) is 0 Å². The van der Waals surface area contributed by atoms with Crippen LogP contribution in [-0.2, 0) is 14.3 Å². The van der Waals surface area contributed by atoms with E-state index in [1.54, 1.807) is 0 Å². The molecule has 6 heteroatoms. The molecule has 27 heavy (non-hydrogen) atoms. The van der Waals surface area contributed by atoms with Gasteiger partial charge >= 0.3 is 0 Å². The van der Waals surface area contributed by atoms with Gasteiger partial charge in [0.25, 0.3) is 0 Å². The van der Waals surface area contributed by atoms with Crippen molar-refractivity contribution in [2.45, 2.75) is 58.3 Å². The maximum atomic E-state index is 12.8. The molecule has 3 heterocycles. The van der Waals surface area contributed by atoms with Crippen molar-refractivity contribution < 1.29 is 14.3 Å². The van der Waals surface area contributed by atoms with Crippen LogP contribution in [0.5, 0.6) is 0 Å². The Bertz CT molecular complexity index is 507. The highest BCUT2D eigenvalue weighted by Crippen LogP contribution is 2.39. The number of likely N-dealkylation sites (tertiary alicyclic amines) is 2. The molecule has 154 valence electrons. The van der Waals surface area contributed by atoms with Crippen LogP contribution in [0.15, 0.2) is 0 Å². The number of piperidine rings is 2. The molecule has 0 aromatic carbocycles. The molecule has 0 unspecified atom stereocenters. The van der Waals surface area contributed by atoms with Gasteiger partial charge in [-0.05, 0) is 38.6 Å². The number of morpholine rings is 1. The van der Waals surface area contributed by atoms with Crippen LogP contribution in [0.4, 0.5) is 0 Å². The van der Waals surface area contributed by atoms with Gasteiger partial charge < -0.3 is 14.5 Å². The Morgan fingerprint density at radius 2 is 1.89 bits per heavy atom. The zero-order chi connectivity index (χ0) is 19.1. The largest absolute Gasteiger partial charge is 0.379 e. The molecule has 1 spiro atoms. The lowest BCUT2D eigenvalue weighted by atomic mass is 9.73. The third kappa shape index (κ3) is 5.67. The minimum atomic E-state index is 0.139. The first-order chi connectivity index (χ1) is 13.1. The van der Waals surface area contributed by atoms with Gasteiger partial charge in [-0.25, -0.2) is 0 Å². The smallest absolute Gasteiger partial charge is 0.222 e. The molecule has 0 aliphatic carbocycles. The summed E-state index contributed by atoms with van der Waals surface area (Å²) in [6, 6.07) is 0. The molecule has 0 aromatic heterocycles. The van der Waals surface area contributed by atoms with Gasteiger partial charge in [-0.1, -0.05) is 13.3 Å². The molecular weight excluding hydrogens is 342 g/mol. The number of rotatable bonds is 7. The lowest BCUT2D eigenvalue weighted by Crippen LogP contribution is -2.55. The molecule has 0 radical (unpaired) electrons. The summed E-state index contributed by atoms with van der Waals surface area (Å²) < 4.78 is 5.38. The summed E-state index contributed by atoms with van der Waals surface area (Å²) in [5.41, 5.74) is 0.139. The Morgan fingerprint density at radius 1 is 1.07 bits per heavy atom. The van der Waals surface area contributed by atoms with Crippen molar-refractivity contribution in [1.82, 2.24) is 14.7 Å². The van der Waals surface area contributed by atoms with Gasteiger partial charge in [0.05, 0.1) is 13.2 Å². The number of ether oxygens (including phenoxy) is 1. The summed E-state index contributed by atoms with van der Waals surface area (Å²) >= 11 is 0. The van der Waals surface area contributed by atoms with Crippen LogP contribution in [0, 0.1) is 5.41 Å². The van der Waals surface area contributed by atoms with Crippen LogP contribution in [0.3, 0.4) is 0 Å². The molecular formula is C21H37N3O3. The highest BCUT2D eigenvalue weighted by molar-refractivity contribution is 5.78. The topological polar surface area (TPSA) is 53.1 Å². The Kier molecular flexibility index (Phi) is 7.53.